The molecule has 0 spiro atoms. The quantitative estimate of drug-likeness (QED) is 0.794. The Morgan fingerprint density at radius 1 is 1.22 bits per heavy atom. The number of aryl methyl sites for hydroxylation is 2. The SMILES string of the molecule is Cc1cccc(N)c1NC(=O)c1cccnc1C. The largest absolute Gasteiger partial charge is 0.397 e. The molecule has 2 aromatic rings. The van der Waals surface area contributed by atoms with Crippen molar-refractivity contribution in [1.29, 1.82) is 0 Å². The van der Waals surface area contributed by atoms with Crippen LogP contribution in [0, 0.1) is 13.8 Å². The monoisotopic (exact) mass is 241 g/mol. The number of para-hydroxylation sites is 1. The highest BCUT2D eigenvalue weighted by Crippen LogP contribution is 2.23. The third-order valence-electron chi connectivity index (χ3n) is 2.80. The third kappa shape index (κ3) is 2.32. The second-order valence-corrected chi connectivity index (χ2v) is 4.13. The lowest BCUT2D eigenvalue weighted by atomic mass is 10.1. The molecular formula is C14H15N3O. The fraction of sp³-hybridized carbons (Fsp3) is 0.143. The summed E-state index contributed by atoms with van der Waals surface area (Å²) in [5.41, 5.74) is 9.26. The Morgan fingerprint density at radius 2 is 2.00 bits per heavy atom. The highest BCUT2D eigenvalue weighted by Gasteiger charge is 2.12. The van der Waals surface area contributed by atoms with E-state index in [1.165, 1.54) is 0 Å². The van der Waals surface area contributed by atoms with Gasteiger partial charge in [0.2, 0.25) is 0 Å². The third-order valence-corrected chi connectivity index (χ3v) is 2.80. The van der Waals surface area contributed by atoms with Gasteiger partial charge in [0, 0.05) is 11.9 Å². The minimum Gasteiger partial charge on any atom is -0.397 e. The molecule has 0 bridgehead atoms. The van der Waals surface area contributed by atoms with Gasteiger partial charge in [0.1, 0.15) is 0 Å². The molecule has 3 N–H and O–H groups in total. The first-order valence-corrected chi connectivity index (χ1v) is 5.67. The molecule has 0 radical (unpaired) electrons. The van der Waals surface area contributed by atoms with Gasteiger partial charge in [0.15, 0.2) is 0 Å². The molecule has 1 aromatic heterocycles. The molecule has 18 heavy (non-hydrogen) atoms. The fourth-order valence-corrected chi connectivity index (χ4v) is 1.77. The molecule has 2 rings (SSSR count). The van der Waals surface area contributed by atoms with Crippen molar-refractivity contribution in [3.63, 3.8) is 0 Å². The lowest BCUT2D eigenvalue weighted by Gasteiger charge is -2.11. The van der Waals surface area contributed by atoms with Gasteiger partial charge in [-0.15, -0.1) is 0 Å². The zero-order valence-electron chi connectivity index (χ0n) is 10.4. The van der Waals surface area contributed by atoms with Gasteiger partial charge in [-0.2, -0.15) is 0 Å². The Kier molecular flexibility index (Phi) is 3.28. The number of anilines is 2. The van der Waals surface area contributed by atoms with Crippen molar-refractivity contribution in [1.82, 2.24) is 4.98 Å². The molecule has 0 atom stereocenters. The first-order valence-electron chi connectivity index (χ1n) is 5.67. The number of carbonyl (C=O) groups is 1. The van der Waals surface area contributed by atoms with Gasteiger partial charge < -0.3 is 11.1 Å². The van der Waals surface area contributed by atoms with Crippen molar-refractivity contribution in [3.05, 3.63) is 53.3 Å². The molecule has 0 aliphatic carbocycles. The summed E-state index contributed by atoms with van der Waals surface area (Å²) >= 11 is 0. The predicted octanol–water partition coefficient (Wildman–Crippen LogP) is 2.53. The van der Waals surface area contributed by atoms with E-state index in [4.69, 9.17) is 5.73 Å². The number of rotatable bonds is 2. The minimum absolute atomic E-state index is 0.193. The summed E-state index contributed by atoms with van der Waals surface area (Å²) < 4.78 is 0. The van der Waals surface area contributed by atoms with E-state index in [2.05, 4.69) is 10.3 Å². The molecule has 0 unspecified atom stereocenters. The Labute approximate surface area is 106 Å². The summed E-state index contributed by atoms with van der Waals surface area (Å²) in [7, 11) is 0. The zero-order chi connectivity index (χ0) is 13.1. The number of nitrogens with zero attached hydrogens (tertiary/aromatic N) is 1. The van der Waals surface area contributed by atoms with Crippen molar-refractivity contribution >= 4 is 17.3 Å². The van der Waals surface area contributed by atoms with Crippen molar-refractivity contribution in [2.45, 2.75) is 13.8 Å². The second kappa shape index (κ2) is 4.87. The Morgan fingerprint density at radius 3 is 2.67 bits per heavy atom. The highest BCUT2D eigenvalue weighted by molar-refractivity contribution is 6.06. The first-order chi connectivity index (χ1) is 8.59. The number of pyridine rings is 1. The van der Waals surface area contributed by atoms with Crippen molar-refractivity contribution < 1.29 is 4.79 Å². The lowest BCUT2D eigenvalue weighted by Crippen LogP contribution is -2.15. The Bertz CT molecular complexity index is 573. The van der Waals surface area contributed by atoms with Gasteiger partial charge in [-0.1, -0.05) is 12.1 Å². The van der Waals surface area contributed by atoms with Gasteiger partial charge in [0.05, 0.1) is 16.9 Å². The van der Waals surface area contributed by atoms with Crippen LogP contribution in [0.25, 0.3) is 0 Å². The molecule has 1 heterocycles. The van der Waals surface area contributed by atoms with Crippen molar-refractivity contribution in [3.8, 4) is 0 Å². The summed E-state index contributed by atoms with van der Waals surface area (Å²) in [6.07, 6.45) is 1.66. The summed E-state index contributed by atoms with van der Waals surface area (Å²) in [4.78, 5) is 16.2. The smallest absolute Gasteiger partial charge is 0.257 e. The van der Waals surface area contributed by atoms with E-state index in [0.29, 0.717) is 22.6 Å². The van der Waals surface area contributed by atoms with Crippen LogP contribution in [0.5, 0.6) is 0 Å². The zero-order valence-corrected chi connectivity index (χ0v) is 10.4. The maximum atomic E-state index is 12.1. The van der Waals surface area contributed by atoms with Crippen molar-refractivity contribution in [2.75, 3.05) is 11.1 Å². The maximum absolute atomic E-state index is 12.1. The number of hydrogen-bond acceptors (Lipinski definition) is 3. The maximum Gasteiger partial charge on any atom is 0.257 e. The predicted molar refractivity (Wildman–Crippen MR) is 72.5 cm³/mol. The molecule has 0 saturated carbocycles. The van der Waals surface area contributed by atoms with E-state index in [0.717, 1.165) is 5.56 Å². The standard InChI is InChI=1S/C14H15N3O/c1-9-5-3-7-12(15)13(9)17-14(18)11-6-4-8-16-10(11)2/h3-8H,15H2,1-2H3,(H,17,18). The van der Waals surface area contributed by atoms with Crippen LogP contribution in [0.1, 0.15) is 21.6 Å². The highest BCUT2D eigenvalue weighted by atomic mass is 16.1. The number of nitrogens with two attached hydrogens (primary N) is 1. The average molecular weight is 241 g/mol. The topological polar surface area (TPSA) is 68.0 Å². The van der Waals surface area contributed by atoms with E-state index < -0.39 is 0 Å². The number of aromatic nitrogens is 1. The van der Waals surface area contributed by atoms with Crippen molar-refractivity contribution in [2.24, 2.45) is 0 Å². The summed E-state index contributed by atoms with van der Waals surface area (Å²) in [5, 5.41) is 2.83. The molecule has 0 aliphatic heterocycles. The van der Waals surface area contributed by atoms with Crippen LogP contribution in [0.4, 0.5) is 11.4 Å². The van der Waals surface area contributed by atoms with Crippen LogP contribution >= 0.6 is 0 Å². The summed E-state index contributed by atoms with van der Waals surface area (Å²) in [6, 6.07) is 9.01. The fourth-order valence-electron chi connectivity index (χ4n) is 1.77. The number of amides is 1. The van der Waals surface area contributed by atoms with Crippen LogP contribution in [-0.4, -0.2) is 10.9 Å². The number of nitrogen functional groups attached to an aromatic ring is 1. The van der Waals surface area contributed by atoms with E-state index in [9.17, 15) is 4.79 Å². The molecule has 4 nitrogen and oxygen atoms in total. The van der Waals surface area contributed by atoms with E-state index in [1.54, 1.807) is 31.3 Å². The summed E-state index contributed by atoms with van der Waals surface area (Å²) in [5.74, 6) is -0.193. The number of hydrogen-bond donors (Lipinski definition) is 2. The van der Waals surface area contributed by atoms with E-state index >= 15 is 0 Å². The minimum atomic E-state index is -0.193. The molecule has 0 fully saturated rings. The Balaban J connectivity index is 2.30. The molecule has 1 aromatic carbocycles. The van der Waals surface area contributed by atoms with Gasteiger partial charge in [-0.05, 0) is 37.6 Å². The van der Waals surface area contributed by atoms with Crippen LogP contribution in [0.15, 0.2) is 36.5 Å². The van der Waals surface area contributed by atoms with Gasteiger partial charge in [-0.3, -0.25) is 9.78 Å². The normalized spacial score (nSPS) is 10.1. The molecule has 1 amide bonds. The molecular weight excluding hydrogens is 226 g/mol. The first kappa shape index (κ1) is 12.1. The molecule has 0 aliphatic rings. The molecule has 0 saturated heterocycles. The second-order valence-electron chi connectivity index (χ2n) is 4.13. The molecule has 4 heteroatoms. The van der Waals surface area contributed by atoms with Crippen LogP contribution < -0.4 is 11.1 Å². The van der Waals surface area contributed by atoms with E-state index in [-0.39, 0.29) is 5.91 Å². The van der Waals surface area contributed by atoms with Gasteiger partial charge in [0.25, 0.3) is 5.91 Å². The lowest BCUT2D eigenvalue weighted by molar-refractivity contribution is 0.102. The van der Waals surface area contributed by atoms with Gasteiger partial charge in [-0.25, -0.2) is 0 Å². The molecule has 92 valence electrons. The number of nitrogens with one attached hydrogen (secondary N) is 1. The number of benzene rings is 1. The van der Waals surface area contributed by atoms with Crippen LogP contribution in [0.3, 0.4) is 0 Å². The van der Waals surface area contributed by atoms with Crippen LogP contribution in [-0.2, 0) is 0 Å². The van der Waals surface area contributed by atoms with Gasteiger partial charge >= 0.3 is 0 Å². The number of carbonyl (C=O) groups excluding carboxylic acids is 1. The van der Waals surface area contributed by atoms with E-state index in [1.807, 2.05) is 19.1 Å². The summed E-state index contributed by atoms with van der Waals surface area (Å²) in [6.45, 7) is 3.71. The Hall–Kier alpha value is -2.36. The average Bonchev–Trinajstić information content (AvgIpc) is 2.34. The van der Waals surface area contributed by atoms with Crippen LogP contribution in [0.2, 0.25) is 0 Å².